The van der Waals surface area contributed by atoms with Crippen molar-refractivity contribution < 1.29 is 14.3 Å². The van der Waals surface area contributed by atoms with Gasteiger partial charge in [0.1, 0.15) is 12.3 Å². The largest absolute Gasteiger partial charge is 0.496 e. The van der Waals surface area contributed by atoms with Crippen LogP contribution in [0.2, 0.25) is 0 Å². The summed E-state index contributed by atoms with van der Waals surface area (Å²) in [6.07, 6.45) is 0. The second kappa shape index (κ2) is 10.3. The molecule has 0 unspecified atom stereocenters. The van der Waals surface area contributed by atoms with Crippen molar-refractivity contribution in [1.29, 1.82) is 0 Å². The van der Waals surface area contributed by atoms with Crippen LogP contribution >= 0.6 is 0 Å². The van der Waals surface area contributed by atoms with E-state index < -0.39 is 0 Å². The predicted octanol–water partition coefficient (Wildman–Crippen LogP) is 3.21. The SMILES string of the molecule is CCN(CC)c1ccc(N(CC(=O)NCc2ccccc2OC)C(C)=O)cc1. The molecule has 28 heavy (non-hydrogen) atoms. The van der Waals surface area contributed by atoms with Crippen LogP contribution in [0.15, 0.2) is 48.5 Å². The van der Waals surface area contributed by atoms with Crippen molar-refractivity contribution in [2.75, 3.05) is 36.5 Å². The van der Waals surface area contributed by atoms with Crippen molar-refractivity contribution in [3.05, 3.63) is 54.1 Å². The first-order valence-electron chi connectivity index (χ1n) is 9.51. The number of benzene rings is 2. The molecule has 0 saturated heterocycles. The third-order valence-electron chi connectivity index (χ3n) is 4.64. The smallest absolute Gasteiger partial charge is 0.240 e. The topological polar surface area (TPSA) is 61.9 Å². The Bertz CT molecular complexity index is 786. The highest BCUT2D eigenvalue weighted by atomic mass is 16.5. The number of amides is 2. The number of carbonyl (C=O) groups is 2. The zero-order valence-electron chi connectivity index (χ0n) is 17.1. The maximum atomic E-state index is 12.4. The third kappa shape index (κ3) is 5.49. The van der Waals surface area contributed by atoms with Gasteiger partial charge in [-0.1, -0.05) is 18.2 Å². The zero-order chi connectivity index (χ0) is 20.5. The molecule has 0 radical (unpaired) electrons. The number of nitrogens with one attached hydrogen (secondary N) is 1. The molecule has 2 amide bonds. The molecule has 0 heterocycles. The van der Waals surface area contributed by atoms with Gasteiger partial charge in [0.05, 0.1) is 7.11 Å². The molecule has 6 nitrogen and oxygen atoms in total. The van der Waals surface area contributed by atoms with Crippen LogP contribution in [0.1, 0.15) is 26.3 Å². The van der Waals surface area contributed by atoms with E-state index in [1.54, 1.807) is 7.11 Å². The molecule has 0 fully saturated rings. The molecule has 0 saturated carbocycles. The number of rotatable bonds is 9. The number of hydrogen-bond acceptors (Lipinski definition) is 4. The Balaban J connectivity index is 2.04. The summed E-state index contributed by atoms with van der Waals surface area (Å²) in [4.78, 5) is 28.2. The van der Waals surface area contributed by atoms with E-state index in [9.17, 15) is 9.59 Å². The highest BCUT2D eigenvalue weighted by molar-refractivity contribution is 5.97. The lowest BCUT2D eigenvalue weighted by Gasteiger charge is -2.24. The van der Waals surface area contributed by atoms with E-state index in [2.05, 4.69) is 24.1 Å². The van der Waals surface area contributed by atoms with E-state index in [-0.39, 0.29) is 18.4 Å². The van der Waals surface area contributed by atoms with Crippen LogP contribution in [0.25, 0.3) is 0 Å². The second-order valence-corrected chi connectivity index (χ2v) is 6.38. The van der Waals surface area contributed by atoms with E-state index in [4.69, 9.17) is 4.74 Å². The zero-order valence-corrected chi connectivity index (χ0v) is 17.1. The summed E-state index contributed by atoms with van der Waals surface area (Å²) in [5.41, 5.74) is 2.69. The Morgan fingerprint density at radius 2 is 1.57 bits per heavy atom. The van der Waals surface area contributed by atoms with Crippen molar-refractivity contribution in [2.45, 2.75) is 27.3 Å². The van der Waals surface area contributed by atoms with Crippen LogP contribution in [-0.2, 0) is 16.1 Å². The number of anilines is 2. The molecule has 2 rings (SSSR count). The monoisotopic (exact) mass is 383 g/mol. The number of para-hydroxylation sites is 1. The Hall–Kier alpha value is -3.02. The minimum absolute atomic E-state index is 0.0326. The summed E-state index contributed by atoms with van der Waals surface area (Å²) in [6.45, 7) is 7.81. The van der Waals surface area contributed by atoms with Gasteiger partial charge in [-0.05, 0) is 44.2 Å². The highest BCUT2D eigenvalue weighted by Gasteiger charge is 2.16. The molecular formula is C22H29N3O3. The Morgan fingerprint density at radius 1 is 0.964 bits per heavy atom. The predicted molar refractivity (Wildman–Crippen MR) is 113 cm³/mol. The molecule has 0 atom stereocenters. The number of nitrogens with zero attached hydrogens (tertiary/aromatic N) is 2. The average molecular weight is 383 g/mol. The quantitative estimate of drug-likeness (QED) is 0.722. The fourth-order valence-electron chi connectivity index (χ4n) is 3.06. The van der Waals surface area contributed by atoms with Gasteiger partial charge in [0.15, 0.2) is 0 Å². The maximum Gasteiger partial charge on any atom is 0.240 e. The van der Waals surface area contributed by atoms with Gasteiger partial charge in [0.25, 0.3) is 0 Å². The second-order valence-electron chi connectivity index (χ2n) is 6.38. The third-order valence-corrected chi connectivity index (χ3v) is 4.64. The number of hydrogen-bond donors (Lipinski definition) is 1. The van der Waals surface area contributed by atoms with Crippen LogP contribution in [0.3, 0.4) is 0 Å². The maximum absolute atomic E-state index is 12.4. The number of carbonyl (C=O) groups excluding carboxylic acids is 2. The Kier molecular flexibility index (Phi) is 7.87. The Labute approximate surface area is 167 Å². The molecule has 0 aliphatic rings. The molecule has 0 aliphatic carbocycles. The van der Waals surface area contributed by atoms with Crippen molar-refractivity contribution in [1.82, 2.24) is 5.32 Å². The summed E-state index contributed by atoms with van der Waals surface area (Å²) in [7, 11) is 1.60. The van der Waals surface area contributed by atoms with Gasteiger partial charge in [0.2, 0.25) is 11.8 Å². The fraction of sp³-hybridized carbons (Fsp3) is 0.364. The molecule has 0 aromatic heterocycles. The first-order chi connectivity index (χ1) is 13.5. The van der Waals surface area contributed by atoms with Gasteiger partial charge in [0, 0.05) is 43.5 Å². The minimum atomic E-state index is -0.228. The lowest BCUT2D eigenvalue weighted by Crippen LogP contribution is -2.39. The van der Waals surface area contributed by atoms with E-state index >= 15 is 0 Å². The summed E-state index contributed by atoms with van der Waals surface area (Å²) in [5.74, 6) is 0.315. The molecule has 0 aliphatic heterocycles. The van der Waals surface area contributed by atoms with E-state index in [1.807, 2.05) is 48.5 Å². The Morgan fingerprint density at radius 3 is 2.14 bits per heavy atom. The summed E-state index contributed by atoms with van der Waals surface area (Å²) < 4.78 is 5.30. The lowest BCUT2D eigenvalue weighted by molar-refractivity contribution is -0.123. The van der Waals surface area contributed by atoms with Crippen molar-refractivity contribution >= 4 is 23.2 Å². The number of methoxy groups -OCH3 is 1. The summed E-state index contributed by atoms with van der Waals surface area (Å²) in [6, 6.07) is 15.2. The first-order valence-corrected chi connectivity index (χ1v) is 9.51. The van der Waals surface area contributed by atoms with E-state index in [1.165, 1.54) is 11.8 Å². The van der Waals surface area contributed by atoms with E-state index in [0.29, 0.717) is 12.2 Å². The molecule has 0 spiro atoms. The van der Waals surface area contributed by atoms with Crippen LogP contribution in [0, 0.1) is 0 Å². The summed E-state index contributed by atoms with van der Waals surface area (Å²) >= 11 is 0. The van der Waals surface area contributed by atoms with E-state index in [0.717, 1.165) is 30.1 Å². The van der Waals surface area contributed by atoms with Gasteiger partial charge in [-0.2, -0.15) is 0 Å². The van der Waals surface area contributed by atoms with Crippen LogP contribution in [0.5, 0.6) is 5.75 Å². The van der Waals surface area contributed by atoms with Gasteiger partial charge >= 0.3 is 0 Å². The molecule has 150 valence electrons. The first kappa shape index (κ1) is 21.3. The van der Waals surface area contributed by atoms with Crippen LogP contribution in [-0.4, -0.2) is 38.6 Å². The molecule has 6 heteroatoms. The average Bonchev–Trinajstić information content (AvgIpc) is 2.72. The standard InChI is InChI=1S/C22H29N3O3/c1-5-24(6-2)19-11-13-20(14-12-19)25(17(3)26)16-22(27)23-15-18-9-7-8-10-21(18)28-4/h7-14H,5-6,15-16H2,1-4H3,(H,23,27). The van der Waals surface area contributed by atoms with Gasteiger partial charge in [-0.25, -0.2) is 0 Å². The highest BCUT2D eigenvalue weighted by Crippen LogP contribution is 2.21. The van der Waals surface area contributed by atoms with Crippen molar-refractivity contribution in [3.63, 3.8) is 0 Å². The molecule has 0 bridgehead atoms. The molecule has 1 N–H and O–H groups in total. The number of ether oxygens (including phenoxy) is 1. The van der Waals surface area contributed by atoms with Gasteiger partial charge in [-0.3, -0.25) is 9.59 Å². The van der Waals surface area contributed by atoms with Gasteiger partial charge < -0.3 is 19.9 Å². The molecular weight excluding hydrogens is 354 g/mol. The fourth-order valence-corrected chi connectivity index (χ4v) is 3.06. The summed E-state index contributed by atoms with van der Waals surface area (Å²) in [5, 5.41) is 2.86. The van der Waals surface area contributed by atoms with Gasteiger partial charge in [-0.15, -0.1) is 0 Å². The normalized spacial score (nSPS) is 10.3. The van der Waals surface area contributed by atoms with Crippen LogP contribution < -0.4 is 19.9 Å². The molecule has 2 aromatic rings. The minimum Gasteiger partial charge on any atom is -0.496 e. The van der Waals surface area contributed by atoms with Crippen LogP contribution in [0.4, 0.5) is 11.4 Å². The van der Waals surface area contributed by atoms with Crippen molar-refractivity contribution in [2.24, 2.45) is 0 Å². The lowest BCUT2D eigenvalue weighted by atomic mass is 10.2. The molecule has 2 aromatic carbocycles. The van der Waals surface area contributed by atoms with Crippen molar-refractivity contribution in [3.8, 4) is 5.75 Å².